The van der Waals surface area contributed by atoms with Crippen LogP contribution in [0.2, 0.25) is 0 Å². The molecule has 0 radical (unpaired) electrons. The van der Waals surface area contributed by atoms with Gasteiger partial charge in [0.15, 0.2) is 0 Å². The Morgan fingerprint density at radius 3 is 3.14 bits per heavy atom. The van der Waals surface area contributed by atoms with Gasteiger partial charge in [0.05, 0.1) is 0 Å². The van der Waals surface area contributed by atoms with Crippen molar-refractivity contribution in [1.29, 1.82) is 0 Å². The van der Waals surface area contributed by atoms with Crippen molar-refractivity contribution in [3.05, 3.63) is 5.89 Å². The van der Waals surface area contributed by atoms with Crippen LogP contribution in [0.4, 0.5) is 6.01 Å². The maximum Gasteiger partial charge on any atom is 0.315 e. The predicted molar refractivity (Wildman–Crippen MR) is 57.8 cm³/mol. The van der Waals surface area contributed by atoms with Gasteiger partial charge in [-0.15, -0.1) is 16.7 Å². The summed E-state index contributed by atoms with van der Waals surface area (Å²) >= 11 is 7.54. The molecule has 14 heavy (non-hydrogen) atoms. The second-order valence-electron chi connectivity index (χ2n) is 3.15. The molecule has 4 nitrogen and oxygen atoms in total. The lowest BCUT2D eigenvalue weighted by atomic mass is 10.2. The first-order valence-corrected chi connectivity index (χ1v) is 6.20. The molecule has 1 fully saturated rings. The third-order valence-electron chi connectivity index (χ3n) is 2.09. The highest BCUT2D eigenvalue weighted by molar-refractivity contribution is 8.00. The lowest BCUT2D eigenvalue weighted by Gasteiger charge is -2.06. The van der Waals surface area contributed by atoms with Crippen molar-refractivity contribution in [1.82, 2.24) is 10.2 Å². The third-order valence-corrected chi connectivity index (χ3v) is 3.71. The highest BCUT2D eigenvalue weighted by atomic mass is 35.5. The monoisotopic (exact) mass is 233 g/mol. The Kier molecular flexibility index (Phi) is 3.53. The molecule has 2 heterocycles. The smallest absolute Gasteiger partial charge is 0.315 e. The average molecular weight is 234 g/mol. The summed E-state index contributed by atoms with van der Waals surface area (Å²) in [5.74, 6) is 2.00. The van der Waals surface area contributed by atoms with E-state index in [2.05, 4.69) is 15.5 Å². The van der Waals surface area contributed by atoms with Gasteiger partial charge in [-0.1, -0.05) is 5.10 Å². The van der Waals surface area contributed by atoms with Crippen LogP contribution in [0, 0.1) is 0 Å². The van der Waals surface area contributed by atoms with E-state index in [-0.39, 0.29) is 5.88 Å². The second-order valence-corrected chi connectivity index (χ2v) is 4.83. The first-order chi connectivity index (χ1) is 6.88. The lowest BCUT2D eigenvalue weighted by Crippen LogP contribution is -2.13. The van der Waals surface area contributed by atoms with Gasteiger partial charge in [0.2, 0.25) is 5.89 Å². The van der Waals surface area contributed by atoms with Crippen molar-refractivity contribution in [3.63, 3.8) is 0 Å². The number of nitrogens with zero attached hydrogens (tertiary/aromatic N) is 2. The van der Waals surface area contributed by atoms with Crippen molar-refractivity contribution in [2.75, 3.05) is 17.6 Å². The quantitative estimate of drug-likeness (QED) is 0.808. The summed E-state index contributed by atoms with van der Waals surface area (Å²) in [6.07, 6.45) is 2.59. The summed E-state index contributed by atoms with van der Waals surface area (Å²) in [4.78, 5) is 0. The maximum absolute atomic E-state index is 5.54. The summed E-state index contributed by atoms with van der Waals surface area (Å²) in [6.45, 7) is 0.897. The van der Waals surface area contributed by atoms with E-state index in [0.717, 1.165) is 6.54 Å². The van der Waals surface area contributed by atoms with Crippen LogP contribution in [0.5, 0.6) is 0 Å². The predicted octanol–water partition coefficient (Wildman–Crippen LogP) is 2.12. The third kappa shape index (κ3) is 2.54. The van der Waals surface area contributed by atoms with Gasteiger partial charge >= 0.3 is 6.01 Å². The summed E-state index contributed by atoms with van der Waals surface area (Å²) in [7, 11) is 0. The highest BCUT2D eigenvalue weighted by Gasteiger charge is 2.16. The van der Waals surface area contributed by atoms with E-state index in [1.165, 1.54) is 18.6 Å². The molecule has 1 aromatic rings. The Labute approximate surface area is 91.8 Å². The van der Waals surface area contributed by atoms with Crippen LogP contribution in [0.3, 0.4) is 0 Å². The first kappa shape index (κ1) is 10.1. The molecule has 1 aliphatic heterocycles. The Morgan fingerprint density at radius 2 is 2.50 bits per heavy atom. The van der Waals surface area contributed by atoms with Crippen molar-refractivity contribution in [2.24, 2.45) is 0 Å². The van der Waals surface area contributed by atoms with Crippen LogP contribution in [0.25, 0.3) is 0 Å². The number of rotatable bonds is 4. The second kappa shape index (κ2) is 4.89. The number of alkyl halides is 1. The molecule has 0 aromatic carbocycles. The Balaban J connectivity index is 1.79. The number of anilines is 1. The number of halogens is 1. The fraction of sp³-hybridized carbons (Fsp3) is 0.750. The van der Waals surface area contributed by atoms with Gasteiger partial charge in [-0.3, -0.25) is 0 Å². The average Bonchev–Trinajstić information content (AvgIpc) is 2.86. The van der Waals surface area contributed by atoms with Gasteiger partial charge in [0.1, 0.15) is 5.88 Å². The lowest BCUT2D eigenvalue weighted by molar-refractivity contribution is 0.525. The van der Waals surface area contributed by atoms with Crippen molar-refractivity contribution in [2.45, 2.75) is 24.0 Å². The normalized spacial score (nSPS) is 21.4. The minimum Gasteiger partial charge on any atom is -0.407 e. The fourth-order valence-electron chi connectivity index (χ4n) is 1.39. The zero-order chi connectivity index (χ0) is 9.80. The van der Waals surface area contributed by atoms with E-state index in [0.29, 0.717) is 17.2 Å². The molecule has 1 saturated heterocycles. The summed E-state index contributed by atoms with van der Waals surface area (Å²) < 4.78 is 5.22. The van der Waals surface area contributed by atoms with E-state index in [1.807, 2.05) is 11.8 Å². The minimum absolute atomic E-state index is 0.271. The number of hydrogen-bond acceptors (Lipinski definition) is 5. The molecule has 6 heteroatoms. The molecule has 0 saturated carbocycles. The standard InChI is InChI=1S/C8H12ClN3OS/c9-4-7-11-12-8(13-7)10-5-6-2-1-3-14-6/h6H,1-5H2,(H,10,12). The summed E-state index contributed by atoms with van der Waals surface area (Å²) in [5, 5.41) is 11.4. The maximum atomic E-state index is 5.54. The van der Waals surface area contributed by atoms with E-state index in [1.54, 1.807) is 0 Å². The van der Waals surface area contributed by atoms with Crippen LogP contribution in [0.15, 0.2) is 4.42 Å². The molecule has 1 aliphatic rings. The van der Waals surface area contributed by atoms with Gasteiger partial charge in [-0.2, -0.15) is 11.8 Å². The molecule has 0 amide bonds. The number of aromatic nitrogens is 2. The van der Waals surface area contributed by atoms with Crippen LogP contribution in [-0.4, -0.2) is 27.7 Å². The molecule has 0 spiro atoms. The van der Waals surface area contributed by atoms with Gasteiger partial charge in [-0.25, -0.2) is 0 Å². The largest absolute Gasteiger partial charge is 0.407 e. The topological polar surface area (TPSA) is 51.0 Å². The van der Waals surface area contributed by atoms with E-state index >= 15 is 0 Å². The number of thioether (sulfide) groups is 1. The number of nitrogens with one attached hydrogen (secondary N) is 1. The van der Waals surface area contributed by atoms with Crippen LogP contribution < -0.4 is 5.32 Å². The van der Waals surface area contributed by atoms with Crippen LogP contribution in [0.1, 0.15) is 18.7 Å². The van der Waals surface area contributed by atoms with E-state index < -0.39 is 0 Å². The Morgan fingerprint density at radius 1 is 1.57 bits per heavy atom. The van der Waals surface area contributed by atoms with Gasteiger partial charge in [0, 0.05) is 11.8 Å². The van der Waals surface area contributed by atoms with E-state index in [4.69, 9.17) is 16.0 Å². The molecule has 1 unspecified atom stereocenters. The molecule has 0 aliphatic carbocycles. The summed E-state index contributed by atoms with van der Waals surface area (Å²) in [5.41, 5.74) is 0. The molecule has 1 aromatic heterocycles. The first-order valence-electron chi connectivity index (χ1n) is 4.62. The molecule has 1 N–H and O–H groups in total. The molecule has 0 bridgehead atoms. The molecular formula is C8H12ClN3OS. The Bertz CT molecular complexity index is 288. The van der Waals surface area contributed by atoms with E-state index in [9.17, 15) is 0 Å². The zero-order valence-electron chi connectivity index (χ0n) is 7.70. The molecule has 2 rings (SSSR count). The van der Waals surface area contributed by atoms with Crippen LogP contribution in [-0.2, 0) is 5.88 Å². The van der Waals surface area contributed by atoms with Crippen molar-refractivity contribution in [3.8, 4) is 0 Å². The van der Waals surface area contributed by atoms with Gasteiger partial charge in [-0.05, 0) is 18.6 Å². The molecule has 78 valence electrons. The fourth-order valence-corrected chi connectivity index (χ4v) is 2.69. The van der Waals surface area contributed by atoms with Gasteiger partial charge < -0.3 is 9.73 Å². The zero-order valence-corrected chi connectivity index (χ0v) is 9.27. The summed E-state index contributed by atoms with van der Waals surface area (Å²) in [6, 6.07) is 0.480. The highest BCUT2D eigenvalue weighted by Crippen LogP contribution is 2.26. The van der Waals surface area contributed by atoms with Gasteiger partial charge in [0.25, 0.3) is 0 Å². The van der Waals surface area contributed by atoms with Crippen molar-refractivity contribution >= 4 is 29.4 Å². The number of hydrogen-bond donors (Lipinski definition) is 1. The van der Waals surface area contributed by atoms with Crippen molar-refractivity contribution < 1.29 is 4.42 Å². The molecule has 1 atom stereocenters. The minimum atomic E-state index is 0.271. The molecular weight excluding hydrogens is 222 g/mol. The Hall–Kier alpha value is -0.420. The van der Waals surface area contributed by atoms with Crippen LogP contribution >= 0.6 is 23.4 Å². The SMILES string of the molecule is ClCc1nnc(NCC2CCCS2)o1.